The van der Waals surface area contributed by atoms with Gasteiger partial charge in [0.05, 0.1) is 22.4 Å². The summed E-state index contributed by atoms with van der Waals surface area (Å²) < 4.78 is 8.82. The lowest BCUT2D eigenvalue weighted by molar-refractivity contribution is 0.477. The van der Waals surface area contributed by atoms with E-state index in [1.807, 2.05) is 24.3 Å². The average Bonchev–Trinajstić information content (AvgIpc) is 3.68. The number of nitrogens with zero attached hydrogens (tertiary/aromatic N) is 2. The summed E-state index contributed by atoms with van der Waals surface area (Å²) in [6, 6.07) is 53.5. The third kappa shape index (κ3) is 3.73. The van der Waals surface area contributed by atoms with Crippen molar-refractivity contribution in [2.24, 2.45) is 0 Å². The first-order valence-electron chi connectivity index (χ1n) is 17.9. The van der Waals surface area contributed by atoms with Gasteiger partial charge in [-0.3, -0.25) is 0 Å². The number of fused-ring (bicyclic) bond motifs is 11. The van der Waals surface area contributed by atoms with E-state index >= 15 is 0 Å². The van der Waals surface area contributed by atoms with Gasteiger partial charge in [0.1, 0.15) is 0 Å². The molecule has 3 aliphatic rings. The molecule has 244 valence electrons. The lowest BCUT2D eigenvalue weighted by Crippen LogP contribution is -2.15. The molecule has 0 bridgehead atoms. The van der Waals surface area contributed by atoms with Crippen LogP contribution in [0.1, 0.15) is 49.9 Å². The van der Waals surface area contributed by atoms with Crippen LogP contribution in [0.4, 0.5) is 17.1 Å². The van der Waals surface area contributed by atoms with E-state index in [2.05, 4.69) is 158 Å². The van der Waals surface area contributed by atoms with Crippen LogP contribution in [-0.2, 0) is 10.8 Å². The molecule has 2 heterocycles. The topological polar surface area (TPSA) is 17.4 Å². The summed E-state index contributed by atoms with van der Waals surface area (Å²) in [5.74, 6) is 1.72. The summed E-state index contributed by atoms with van der Waals surface area (Å²) in [5, 5.41) is 2.59. The first-order chi connectivity index (χ1) is 24.8. The summed E-state index contributed by atoms with van der Waals surface area (Å²) >= 11 is 0. The van der Waals surface area contributed by atoms with Gasteiger partial charge in [-0.2, -0.15) is 0 Å². The summed E-state index contributed by atoms with van der Waals surface area (Å²) in [4.78, 5) is 2.31. The van der Waals surface area contributed by atoms with E-state index in [4.69, 9.17) is 4.74 Å². The van der Waals surface area contributed by atoms with Crippen molar-refractivity contribution in [3.05, 3.63) is 168 Å². The maximum atomic E-state index is 6.32. The molecule has 0 amide bonds. The van der Waals surface area contributed by atoms with Gasteiger partial charge in [-0.25, -0.2) is 0 Å². The minimum absolute atomic E-state index is 0.0922. The molecule has 0 fully saturated rings. The molecule has 1 aliphatic heterocycles. The second kappa shape index (κ2) is 9.80. The zero-order valence-electron chi connectivity index (χ0n) is 29.2. The summed E-state index contributed by atoms with van der Waals surface area (Å²) in [6.07, 6.45) is 0. The molecule has 8 aromatic rings. The summed E-state index contributed by atoms with van der Waals surface area (Å²) in [5.41, 5.74) is 17.6. The smallest absolute Gasteiger partial charge is 0.151 e. The van der Waals surface area contributed by atoms with Gasteiger partial charge in [0, 0.05) is 33.0 Å². The number of para-hydroxylation sites is 4. The Morgan fingerprint density at radius 1 is 0.412 bits per heavy atom. The van der Waals surface area contributed by atoms with Gasteiger partial charge in [-0.05, 0) is 117 Å². The minimum atomic E-state index is -0.0922. The van der Waals surface area contributed by atoms with Crippen LogP contribution in [0, 0.1) is 0 Å². The van der Waals surface area contributed by atoms with Crippen molar-refractivity contribution in [2.45, 2.75) is 38.5 Å². The molecule has 2 aliphatic carbocycles. The van der Waals surface area contributed by atoms with Gasteiger partial charge < -0.3 is 14.2 Å². The number of hydrogen-bond donors (Lipinski definition) is 0. The van der Waals surface area contributed by atoms with Crippen molar-refractivity contribution in [1.82, 2.24) is 4.57 Å². The molecule has 51 heavy (non-hydrogen) atoms. The Bertz CT molecular complexity index is 2610. The van der Waals surface area contributed by atoms with Crippen LogP contribution < -0.4 is 9.64 Å². The molecule has 3 nitrogen and oxygen atoms in total. The van der Waals surface area contributed by atoms with Gasteiger partial charge in [0.15, 0.2) is 11.5 Å². The Morgan fingerprint density at radius 3 is 1.35 bits per heavy atom. The van der Waals surface area contributed by atoms with Gasteiger partial charge in [0.2, 0.25) is 0 Å². The number of ether oxygens (including phenoxy) is 1. The van der Waals surface area contributed by atoms with Crippen molar-refractivity contribution in [3.63, 3.8) is 0 Å². The quantitative estimate of drug-likeness (QED) is 0.184. The zero-order valence-corrected chi connectivity index (χ0v) is 29.2. The number of hydrogen-bond acceptors (Lipinski definition) is 2. The van der Waals surface area contributed by atoms with E-state index in [1.54, 1.807) is 0 Å². The normalized spacial score (nSPS) is 15.5. The molecular weight excluding hydrogens is 621 g/mol. The van der Waals surface area contributed by atoms with Gasteiger partial charge in [0.25, 0.3) is 0 Å². The highest BCUT2D eigenvalue weighted by Gasteiger charge is 2.38. The Kier molecular flexibility index (Phi) is 5.52. The fraction of sp³-hybridized carbons (Fsp3) is 0.125. The standard InChI is InChI=1S/C48H36N2O/c1-47(2)37-15-7-5-13-31(37)33-25-35-36-26-34-32-14-6-8-16-38(32)48(3,4)40(34)28-44(36)50(43(35)27-39(33)47)30-23-21-29(22-24-30)49-41-17-9-11-19-45(41)51-46-20-12-10-18-42(46)49/h5-28H,1-4H3. The van der Waals surface area contributed by atoms with Crippen LogP contribution in [0.3, 0.4) is 0 Å². The molecule has 0 unspecified atom stereocenters. The van der Waals surface area contributed by atoms with Gasteiger partial charge >= 0.3 is 0 Å². The lowest BCUT2D eigenvalue weighted by Gasteiger charge is -2.32. The molecule has 3 heteroatoms. The Morgan fingerprint density at radius 2 is 0.843 bits per heavy atom. The highest BCUT2D eigenvalue weighted by Crippen LogP contribution is 2.54. The summed E-state index contributed by atoms with van der Waals surface area (Å²) in [6.45, 7) is 9.49. The van der Waals surface area contributed by atoms with E-state index in [-0.39, 0.29) is 10.8 Å². The third-order valence-electron chi connectivity index (χ3n) is 12.0. The molecule has 7 aromatic carbocycles. The molecule has 0 N–H and O–H groups in total. The SMILES string of the molecule is CC1(C)c2ccccc2-c2cc3c4cc5c(cc4n(-c4ccc(N6c7ccccc7Oc7ccccc76)cc4)c3cc21)C(C)(C)c1ccccc1-5. The monoisotopic (exact) mass is 656 g/mol. The Balaban J connectivity index is 1.17. The zero-order chi connectivity index (χ0) is 34.2. The van der Waals surface area contributed by atoms with Crippen LogP contribution in [-0.4, -0.2) is 4.57 Å². The Hall–Kier alpha value is -6.06. The molecule has 0 spiro atoms. The van der Waals surface area contributed by atoms with Gasteiger partial charge in [-0.15, -0.1) is 0 Å². The van der Waals surface area contributed by atoms with E-state index in [0.29, 0.717) is 0 Å². The van der Waals surface area contributed by atoms with Crippen molar-refractivity contribution >= 4 is 38.9 Å². The van der Waals surface area contributed by atoms with Crippen molar-refractivity contribution in [1.29, 1.82) is 0 Å². The maximum absolute atomic E-state index is 6.32. The predicted molar refractivity (Wildman–Crippen MR) is 211 cm³/mol. The van der Waals surface area contributed by atoms with Crippen molar-refractivity contribution in [3.8, 4) is 39.4 Å². The second-order valence-electron chi connectivity index (χ2n) is 15.4. The molecule has 0 saturated heterocycles. The second-order valence-corrected chi connectivity index (χ2v) is 15.4. The molecule has 1 aromatic heterocycles. The first kappa shape index (κ1) is 28.7. The van der Waals surface area contributed by atoms with Crippen LogP contribution in [0.5, 0.6) is 11.5 Å². The van der Waals surface area contributed by atoms with Gasteiger partial charge in [-0.1, -0.05) is 100 Å². The number of rotatable bonds is 2. The number of aromatic nitrogens is 1. The first-order valence-corrected chi connectivity index (χ1v) is 17.9. The summed E-state index contributed by atoms with van der Waals surface area (Å²) in [7, 11) is 0. The van der Waals surface area contributed by atoms with Crippen LogP contribution in [0.2, 0.25) is 0 Å². The van der Waals surface area contributed by atoms with Crippen LogP contribution in [0.25, 0.3) is 49.7 Å². The fourth-order valence-electron chi connectivity index (χ4n) is 9.42. The highest BCUT2D eigenvalue weighted by atomic mass is 16.5. The van der Waals surface area contributed by atoms with E-state index in [0.717, 1.165) is 34.2 Å². The molecule has 11 rings (SSSR count). The van der Waals surface area contributed by atoms with Crippen LogP contribution >= 0.6 is 0 Å². The Labute approximate surface area is 298 Å². The molecule has 0 atom stereocenters. The molecule has 0 radical (unpaired) electrons. The van der Waals surface area contributed by atoms with Crippen molar-refractivity contribution in [2.75, 3.05) is 4.90 Å². The fourth-order valence-corrected chi connectivity index (χ4v) is 9.42. The molecule has 0 saturated carbocycles. The lowest BCUT2D eigenvalue weighted by atomic mass is 9.82. The van der Waals surface area contributed by atoms with E-state index < -0.39 is 0 Å². The van der Waals surface area contributed by atoms with Crippen LogP contribution in [0.15, 0.2) is 146 Å². The third-order valence-corrected chi connectivity index (χ3v) is 12.0. The number of benzene rings is 7. The van der Waals surface area contributed by atoms with E-state index in [1.165, 1.54) is 66.3 Å². The predicted octanol–water partition coefficient (Wildman–Crippen LogP) is 13.0. The average molecular weight is 657 g/mol. The van der Waals surface area contributed by atoms with Crippen molar-refractivity contribution < 1.29 is 4.74 Å². The minimum Gasteiger partial charge on any atom is -0.453 e. The van der Waals surface area contributed by atoms with E-state index in [9.17, 15) is 0 Å². The maximum Gasteiger partial charge on any atom is 0.151 e. The highest BCUT2D eigenvalue weighted by molar-refractivity contribution is 6.13. The number of anilines is 3. The molecular formula is C48H36N2O. The largest absolute Gasteiger partial charge is 0.453 e.